The Bertz CT molecular complexity index is 1700. The lowest BCUT2D eigenvalue weighted by atomic mass is 9.97. The Morgan fingerprint density at radius 1 is 0.643 bits per heavy atom. The highest BCUT2D eigenvalue weighted by Gasteiger charge is 2.16. The minimum absolute atomic E-state index is 0.120. The number of rotatable bonds is 6. The highest BCUT2D eigenvalue weighted by molar-refractivity contribution is 5.86. The lowest BCUT2D eigenvalue weighted by Gasteiger charge is -2.13. The zero-order chi connectivity index (χ0) is 29.6. The number of allylic oxidation sites excluding steroid dienone is 4. The number of carbonyl (C=O) groups is 2. The van der Waals surface area contributed by atoms with Crippen molar-refractivity contribution in [1.29, 1.82) is 0 Å². The van der Waals surface area contributed by atoms with Crippen LogP contribution in [-0.2, 0) is 22.4 Å². The van der Waals surface area contributed by atoms with E-state index in [1.54, 1.807) is 36.4 Å². The van der Waals surface area contributed by atoms with Crippen LogP contribution in [0.15, 0.2) is 79.1 Å². The highest BCUT2D eigenvalue weighted by Crippen LogP contribution is 2.30. The molecule has 6 rings (SSSR count). The number of fused-ring (bicyclic) bond motifs is 2. The van der Waals surface area contributed by atoms with Gasteiger partial charge in [-0.05, 0) is 74.6 Å². The number of benzene rings is 2. The van der Waals surface area contributed by atoms with Gasteiger partial charge in [-0.15, -0.1) is 0 Å². The second kappa shape index (κ2) is 12.9. The summed E-state index contributed by atoms with van der Waals surface area (Å²) in [6.07, 6.45) is 12.2. The van der Waals surface area contributed by atoms with E-state index < -0.39 is 11.9 Å². The van der Waals surface area contributed by atoms with Crippen LogP contribution in [0.3, 0.4) is 0 Å². The molecule has 0 amide bonds. The van der Waals surface area contributed by atoms with E-state index in [2.05, 4.69) is 12.2 Å². The number of hydrogen-bond acceptors (Lipinski definition) is 6. The van der Waals surface area contributed by atoms with Gasteiger partial charge in [-0.1, -0.05) is 36.4 Å². The molecule has 8 heteroatoms. The summed E-state index contributed by atoms with van der Waals surface area (Å²) in [7, 11) is 0. The van der Waals surface area contributed by atoms with Crippen molar-refractivity contribution in [3.63, 3.8) is 0 Å². The Morgan fingerprint density at radius 2 is 1.07 bits per heavy atom. The van der Waals surface area contributed by atoms with Crippen molar-refractivity contribution < 1.29 is 28.6 Å². The van der Waals surface area contributed by atoms with Crippen LogP contribution in [0.4, 0.5) is 0 Å². The first kappa shape index (κ1) is 28.8. The molecule has 0 spiro atoms. The summed E-state index contributed by atoms with van der Waals surface area (Å²) in [5.41, 5.74) is 3.72. The van der Waals surface area contributed by atoms with Crippen molar-refractivity contribution in [3.8, 4) is 0 Å². The molecular weight excluding hydrogens is 536 g/mol. The van der Waals surface area contributed by atoms with Gasteiger partial charge in [-0.25, -0.2) is 0 Å². The zero-order valence-electron chi connectivity index (χ0n) is 23.2. The molecule has 2 aliphatic carbocycles. The molecule has 216 valence electrons. The fraction of sp³-hybridized carbons (Fsp3) is 0.294. The van der Waals surface area contributed by atoms with E-state index in [1.165, 1.54) is 12.1 Å². The second-order valence-corrected chi connectivity index (χ2v) is 10.6. The van der Waals surface area contributed by atoms with Crippen molar-refractivity contribution in [1.82, 2.24) is 0 Å². The van der Waals surface area contributed by atoms with Crippen LogP contribution >= 0.6 is 0 Å². The van der Waals surface area contributed by atoms with Crippen LogP contribution in [0.25, 0.3) is 33.1 Å². The Balaban J connectivity index is 0.000000168. The zero-order valence-corrected chi connectivity index (χ0v) is 23.2. The first-order valence-electron chi connectivity index (χ1n) is 14.2. The molecule has 0 fully saturated rings. The van der Waals surface area contributed by atoms with Crippen molar-refractivity contribution >= 4 is 45.0 Å². The van der Waals surface area contributed by atoms with E-state index >= 15 is 0 Å². The molecule has 2 aromatic heterocycles. The predicted molar refractivity (Wildman–Crippen MR) is 161 cm³/mol. The molecule has 4 aromatic rings. The molecule has 8 nitrogen and oxygen atoms in total. The van der Waals surface area contributed by atoms with Crippen LogP contribution in [0.5, 0.6) is 0 Å². The monoisotopic (exact) mass is 568 g/mol. The summed E-state index contributed by atoms with van der Waals surface area (Å²) < 4.78 is 11.8. The number of aliphatic carboxylic acids is 2. The van der Waals surface area contributed by atoms with Gasteiger partial charge in [-0.2, -0.15) is 0 Å². The smallest absolute Gasteiger partial charge is 0.307 e. The van der Waals surface area contributed by atoms with E-state index in [9.17, 15) is 19.2 Å². The minimum Gasteiger partial charge on any atom is -0.481 e. The van der Waals surface area contributed by atoms with Gasteiger partial charge in [0.1, 0.15) is 22.7 Å². The molecule has 2 heterocycles. The average Bonchev–Trinajstić information content (AvgIpc) is 2.98. The van der Waals surface area contributed by atoms with Gasteiger partial charge >= 0.3 is 11.9 Å². The Hall–Kier alpha value is -4.72. The highest BCUT2D eigenvalue weighted by atomic mass is 16.4. The molecule has 0 aliphatic heterocycles. The first-order valence-corrected chi connectivity index (χ1v) is 14.2. The van der Waals surface area contributed by atoms with Crippen LogP contribution < -0.4 is 10.9 Å². The number of carboxylic acid groups (broad SMARTS) is 2. The summed E-state index contributed by atoms with van der Waals surface area (Å²) in [4.78, 5) is 46.4. The standard InChI is InChI=1S/2C17H16O4/c2*18-14-10-15(11-5-2-1-3-6-11)21-17-12(9-16(19)20)7-4-8-13(14)17/h2*4-5,7-8,10H,1-3,6,9H2,(H,19,20). The molecule has 0 unspecified atom stereocenters. The van der Waals surface area contributed by atoms with Crippen LogP contribution in [0.2, 0.25) is 0 Å². The molecule has 0 atom stereocenters. The maximum Gasteiger partial charge on any atom is 0.307 e. The lowest BCUT2D eigenvalue weighted by Crippen LogP contribution is -2.06. The SMILES string of the molecule is O=C(O)Cc1cccc2c(=O)cc(C3=CCCCC3)oc12.O=C(O)Cc1cccc2c(=O)cc(C3=CCCCC3)oc12. The molecule has 42 heavy (non-hydrogen) atoms. The van der Waals surface area contributed by atoms with E-state index in [-0.39, 0.29) is 23.7 Å². The van der Waals surface area contributed by atoms with Crippen LogP contribution in [0, 0.1) is 0 Å². The van der Waals surface area contributed by atoms with Gasteiger partial charge < -0.3 is 19.0 Å². The Kier molecular flexibility index (Phi) is 8.81. The third kappa shape index (κ3) is 6.60. The number of para-hydroxylation sites is 2. The van der Waals surface area contributed by atoms with E-state index in [0.717, 1.165) is 62.5 Å². The third-order valence-electron chi connectivity index (χ3n) is 7.57. The van der Waals surface area contributed by atoms with Crippen molar-refractivity contribution in [2.45, 2.75) is 64.2 Å². The van der Waals surface area contributed by atoms with Gasteiger partial charge in [0, 0.05) is 23.3 Å². The molecule has 2 N–H and O–H groups in total. The van der Waals surface area contributed by atoms with Crippen molar-refractivity contribution in [2.24, 2.45) is 0 Å². The van der Waals surface area contributed by atoms with E-state index in [0.29, 0.717) is 44.6 Å². The maximum absolute atomic E-state index is 12.2. The molecule has 0 bridgehead atoms. The molecule has 2 aromatic carbocycles. The minimum atomic E-state index is -0.938. The van der Waals surface area contributed by atoms with Gasteiger partial charge in [-0.3, -0.25) is 19.2 Å². The normalized spacial score (nSPS) is 15.0. The fourth-order valence-electron chi connectivity index (χ4n) is 5.52. The van der Waals surface area contributed by atoms with Gasteiger partial charge in [0.15, 0.2) is 10.9 Å². The number of hydrogen-bond donors (Lipinski definition) is 2. The average molecular weight is 569 g/mol. The van der Waals surface area contributed by atoms with Gasteiger partial charge in [0.05, 0.1) is 23.6 Å². The summed E-state index contributed by atoms with van der Waals surface area (Å²) >= 11 is 0. The third-order valence-corrected chi connectivity index (χ3v) is 7.57. The molecule has 2 aliphatic rings. The summed E-state index contributed by atoms with van der Waals surface area (Å²) in [6.45, 7) is 0. The first-order chi connectivity index (χ1) is 20.3. The van der Waals surface area contributed by atoms with E-state index in [1.807, 2.05) is 0 Å². The van der Waals surface area contributed by atoms with Gasteiger partial charge in [0.25, 0.3) is 0 Å². The van der Waals surface area contributed by atoms with Crippen LogP contribution in [0.1, 0.15) is 74.0 Å². The summed E-state index contributed by atoms with van der Waals surface area (Å²) in [5.74, 6) is -0.727. The predicted octanol–water partition coefficient (Wildman–Crippen LogP) is 6.76. The quantitative estimate of drug-likeness (QED) is 0.261. The maximum atomic E-state index is 12.2. The van der Waals surface area contributed by atoms with Gasteiger partial charge in [0.2, 0.25) is 0 Å². The summed E-state index contributed by atoms with van der Waals surface area (Å²) in [6, 6.07) is 13.1. The fourth-order valence-corrected chi connectivity index (χ4v) is 5.52. The molecule has 0 radical (unpaired) electrons. The summed E-state index contributed by atoms with van der Waals surface area (Å²) in [5, 5.41) is 18.8. The lowest BCUT2D eigenvalue weighted by molar-refractivity contribution is -0.137. The molecular formula is C34H32O8. The number of carboxylic acids is 2. The topological polar surface area (TPSA) is 135 Å². The molecule has 0 saturated carbocycles. The largest absolute Gasteiger partial charge is 0.481 e. The van der Waals surface area contributed by atoms with Crippen molar-refractivity contribution in [2.75, 3.05) is 0 Å². The van der Waals surface area contributed by atoms with E-state index in [4.69, 9.17) is 19.0 Å². The Morgan fingerprint density at radius 3 is 1.43 bits per heavy atom. The second-order valence-electron chi connectivity index (χ2n) is 10.6. The van der Waals surface area contributed by atoms with Crippen molar-refractivity contribution in [3.05, 3.63) is 104 Å². The Labute approximate surface area is 241 Å². The molecule has 0 saturated heterocycles. The van der Waals surface area contributed by atoms with Crippen LogP contribution in [-0.4, -0.2) is 22.2 Å².